The normalized spacial score (nSPS) is 19.0. The van der Waals surface area contributed by atoms with Gasteiger partial charge in [-0.25, -0.2) is 0 Å². The Balaban J connectivity index is 1.76. The van der Waals surface area contributed by atoms with Crippen molar-refractivity contribution in [1.82, 2.24) is 9.47 Å². The zero-order chi connectivity index (χ0) is 21.5. The van der Waals surface area contributed by atoms with E-state index in [1.54, 1.807) is 0 Å². The Morgan fingerprint density at radius 2 is 1.68 bits per heavy atom. The van der Waals surface area contributed by atoms with E-state index in [1.807, 2.05) is 0 Å². The molecular weight excluding hydrogens is 380 g/mol. The average Bonchev–Trinajstić information content (AvgIpc) is 3.24. The number of hydrogen-bond donors (Lipinski definition) is 0. The van der Waals surface area contributed by atoms with Gasteiger partial charge in [0.1, 0.15) is 0 Å². The highest BCUT2D eigenvalue weighted by molar-refractivity contribution is 6.01. The minimum atomic E-state index is 0.0582. The van der Waals surface area contributed by atoms with Gasteiger partial charge in [-0.2, -0.15) is 0 Å². The first kappa shape index (κ1) is 20.1. The second-order valence-electron chi connectivity index (χ2n) is 9.50. The SMILES string of the molecule is CC(C)CCN1C(=O)C2=C(CCCC2)C1c1c(-c2ccccc2)n(C)c2ccccc12. The van der Waals surface area contributed by atoms with Crippen molar-refractivity contribution in [3.05, 3.63) is 71.3 Å². The number of benzene rings is 2. The molecule has 0 N–H and O–H groups in total. The van der Waals surface area contributed by atoms with Crippen LogP contribution >= 0.6 is 0 Å². The summed E-state index contributed by atoms with van der Waals surface area (Å²) in [6, 6.07) is 19.4. The van der Waals surface area contributed by atoms with Crippen molar-refractivity contribution in [1.29, 1.82) is 0 Å². The van der Waals surface area contributed by atoms with Crippen molar-refractivity contribution in [3.8, 4) is 11.3 Å². The van der Waals surface area contributed by atoms with Gasteiger partial charge in [0.05, 0.1) is 11.7 Å². The van der Waals surface area contributed by atoms with Crippen molar-refractivity contribution in [3.63, 3.8) is 0 Å². The van der Waals surface area contributed by atoms with Gasteiger partial charge < -0.3 is 9.47 Å². The molecule has 1 amide bonds. The zero-order valence-corrected chi connectivity index (χ0v) is 18.9. The summed E-state index contributed by atoms with van der Waals surface area (Å²) in [5.41, 5.74) is 7.50. The fourth-order valence-electron chi connectivity index (χ4n) is 5.56. The molecule has 3 heteroatoms. The Labute approximate surface area is 185 Å². The van der Waals surface area contributed by atoms with Gasteiger partial charge >= 0.3 is 0 Å². The summed E-state index contributed by atoms with van der Waals surface area (Å²) < 4.78 is 2.33. The molecule has 31 heavy (non-hydrogen) atoms. The van der Waals surface area contributed by atoms with Crippen LogP contribution in [0.2, 0.25) is 0 Å². The molecular formula is C28H32N2O. The predicted octanol–water partition coefficient (Wildman–Crippen LogP) is 6.65. The molecule has 0 spiro atoms. The van der Waals surface area contributed by atoms with Gasteiger partial charge in [-0.3, -0.25) is 4.79 Å². The highest BCUT2D eigenvalue weighted by Crippen LogP contribution is 2.49. The van der Waals surface area contributed by atoms with E-state index >= 15 is 0 Å². The average molecular weight is 413 g/mol. The number of rotatable bonds is 5. The molecule has 1 atom stereocenters. The van der Waals surface area contributed by atoms with Gasteiger partial charge in [0.2, 0.25) is 0 Å². The molecule has 3 nitrogen and oxygen atoms in total. The third kappa shape index (κ3) is 3.31. The van der Waals surface area contributed by atoms with E-state index in [1.165, 1.54) is 39.7 Å². The summed E-state index contributed by atoms with van der Waals surface area (Å²) in [5.74, 6) is 0.861. The van der Waals surface area contributed by atoms with Crippen molar-refractivity contribution in [2.75, 3.05) is 6.54 Å². The molecule has 2 aliphatic rings. The lowest BCUT2D eigenvalue weighted by atomic mass is 9.86. The quantitative estimate of drug-likeness (QED) is 0.461. The summed E-state index contributed by atoms with van der Waals surface area (Å²) in [4.78, 5) is 15.8. The lowest BCUT2D eigenvalue weighted by molar-refractivity contribution is -0.127. The third-order valence-electron chi connectivity index (χ3n) is 7.09. The number of aryl methyl sites for hydroxylation is 1. The number of amides is 1. The molecule has 0 bridgehead atoms. The molecule has 2 aromatic carbocycles. The van der Waals surface area contributed by atoms with Gasteiger partial charge in [0, 0.05) is 35.6 Å². The number of carbonyl (C=O) groups excluding carboxylic acids is 1. The smallest absolute Gasteiger partial charge is 0.250 e. The van der Waals surface area contributed by atoms with Crippen molar-refractivity contribution < 1.29 is 4.79 Å². The third-order valence-corrected chi connectivity index (χ3v) is 7.09. The van der Waals surface area contributed by atoms with Crippen LogP contribution in [0.5, 0.6) is 0 Å². The summed E-state index contributed by atoms with van der Waals surface area (Å²) in [6.45, 7) is 5.32. The van der Waals surface area contributed by atoms with E-state index in [0.29, 0.717) is 5.92 Å². The van der Waals surface area contributed by atoms with Gasteiger partial charge in [-0.05, 0) is 55.2 Å². The highest BCUT2D eigenvalue weighted by atomic mass is 16.2. The van der Waals surface area contributed by atoms with Crippen LogP contribution in [0.4, 0.5) is 0 Å². The highest BCUT2D eigenvalue weighted by Gasteiger charge is 2.42. The van der Waals surface area contributed by atoms with Crippen LogP contribution in [0, 0.1) is 5.92 Å². The van der Waals surface area contributed by atoms with E-state index in [9.17, 15) is 4.79 Å². The maximum Gasteiger partial charge on any atom is 0.250 e. The molecule has 1 aliphatic carbocycles. The summed E-state index contributed by atoms with van der Waals surface area (Å²) in [7, 11) is 2.17. The first-order valence-electron chi connectivity index (χ1n) is 11.7. The van der Waals surface area contributed by atoms with E-state index in [0.717, 1.165) is 37.8 Å². The summed E-state index contributed by atoms with van der Waals surface area (Å²) in [6.07, 6.45) is 5.34. The number of fused-ring (bicyclic) bond motifs is 1. The molecule has 0 saturated carbocycles. The summed E-state index contributed by atoms with van der Waals surface area (Å²) >= 11 is 0. The van der Waals surface area contributed by atoms with Crippen LogP contribution in [0.25, 0.3) is 22.2 Å². The number of carbonyl (C=O) groups is 1. The molecule has 0 fully saturated rings. The zero-order valence-electron chi connectivity index (χ0n) is 18.9. The maximum atomic E-state index is 13.6. The largest absolute Gasteiger partial charge is 0.343 e. The first-order valence-corrected chi connectivity index (χ1v) is 11.7. The van der Waals surface area contributed by atoms with E-state index < -0.39 is 0 Å². The molecule has 0 radical (unpaired) electrons. The molecule has 2 heterocycles. The lowest BCUT2D eigenvalue weighted by Gasteiger charge is -2.29. The standard InChI is InChI=1S/C28H32N2O/c1-19(2)17-18-30-27(21-13-7-8-14-22(21)28(30)31)25-23-15-9-10-16-24(23)29(3)26(25)20-11-5-4-6-12-20/h4-6,9-12,15-16,19,27H,7-8,13-14,17-18H2,1-3H3. The van der Waals surface area contributed by atoms with Crippen molar-refractivity contribution in [2.45, 2.75) is 52.0 Å². The second-order valence-corrected chi connectivity index (χ2v) is 9.50. The Morgan fingerprint density at radius 1 is 0.968 bits per heavy atom. The number of hydrogen-bond acceptors (Lipinski definition) is 1. The Hall–Kier alpha value is -2.81. The second kappa shape index (κ2) is 8.03. The molecule has 0 saturated heterocycles. The van der Waals surface area contributed by atoms with E-state index in [-0.39, 0.29) is 11.9 Å². The Morgan fingerprint density at radius 3 is 2.45 bits per heavy atom. The Bertz CT molecular complexity index is 1150. The Kier molecular flexibility index (Phi) is 5.21. The van der Waals surface area contributed by atoms with Crippen LogP contribution in [-0.4, -0.2) is 21.9 Å². The van der Waals surface area contributed by atoms with Crippen molar-refractivity contribution >= 4 is 16.8 Å². The van der Waals surface area contributed by atoms with Gasteiger partial charge in [-0.15, -0.1) is 0 Å². The van der Waals surface area contributed by atoms with E-state index in [4.69, 9.17) is 0 Å². The fourth-order valence-corrected chi connectivity index (χ4v) is 5.56. The number of para-hydroxylation sites is 1. The fraction of sp³-hybridized carbons (Fsp3) is 0.393. The van der Waals surface area contributed by atoms with Crippen LogP contribution in [0.1, 0.15) is 57.6 Å². The minimum Gasteiger partial charge on any atom is -0.343 e. The number of aromatic nitrogens is 1. The summed E-state index contributed by atoms with van der Waals surface area (Å²) in [5, 5.41) is 1.27. The van der Waals surface area contributed by atoms with Gasteiger partial charge in [0.15, 0.2) is 0 Å². The van der Waals surface area contributed by atoms with Crippen molar-refractivity contribution in [2.24, 2.45) is 13.0 Å². The molecule has 160 valence electrons. The topological polar surface area (TPSA) is 25.2 Å². The first-order chi connectivity index (χ1) is 15.1. The predicted molar refractivity (Wildman–Crippen MR) is 128 cm³/mol. The molecule has 3 aromatic rings. The molecule has 1 unspecified atom stereocenters. The van der Waals surface area contributed by atoms with E-state index in [2.05, 4.69) is 85.0 Å². The van der Waals surface area contributed by atoms with Crippen LogP contribution in [0.3, 0.4) is 0 Å². The monoisotopic (exact) mass is 412 g/mol. The number of nitrogens with zero attached hydrogens (tertiary/aromatic N) is 2. The van der Waals surface area contributed by atoms with Gasteiger partial charge in [-0.1, -0.05) is 62.4 Å². The molecule has 1 aliphatic heterocycles. The molecule has 5 rings (SSSR count). The molecule has 1 aromatic heterocycles. The van der Waals surface area contributed by atoms with Crippen LogP contribution in [-0.2, 0) is 11.8 Å². The van der Waals surface area contributed by atoms with Crippen LogP contribution < -0.4 is 0 Å². The minimum absolute atomic E-state index is 0.0582. The lowest BCUT2D eigenvalue weighted by Crippen LogP contribution is -2.32. The van der Waals surface area contributed by atoms with Gasteiger partial charge in [0.25, 0.3) is 5.91 Å². The maximum absolute atomic E-state index is 13.6. The van der Waals surface area contributed by atoms with Crippen LogP contribution in [0.15, 0.2) is 65.7 Å².